The Hall–Kier alpha value is -1.41. The van der Waals surface area contributed by atoms with E-state index in [0.717, 1.165) is 5.56 Å². The van der Waals surface area contributed by atoms with E-state index in [-0.39, 0.29) is 4.90 Å². The smallest absolute Gasteiger partial charge is 0.241 e. The van der Waals surface area contributed by atoms with Gasteiger partial charge in [-0.1, -0.05) is 29.3 Å². The minimum atomic E-state index is -3.74. The van der Waals surface area contributed by atoms with Crippen molar-refractivity contribution in [3.8, 4) is 5.75 Å². The van der Waals surface area contributed by atoms with Gasteiger partial charge in [-0.05, 0) is 65.0 Å². The summed E-state index contributed by atoms with van der Waals surface area (Å²) < 4.78 is 45.3. The van der Waals surface area contributed by atoms with Gasteiger partial charge in [-0.2, -0.15) is 0 Å². The Morgan fingerprint density at radius 1 is 1.11 bits per heavy atom. The quantitative estimate of drug-likeness (QED) is 0.732. The van der Waals surface area contributed by atoms with Crippen molar-refractivity contribution in [1.82, 2.24) is 4.72 Å². The van der Waals surface area contributed by atoms with Crippen LogP contribution in [0.5, 0.6) is 5.75 Å². The maximum absolute atomic E-state index is 12.7. The second kappa shape index (κ2) is 8.31. The number of halogens is 1. The lowest BCUT2D eigenvalue weighted by atomic mass is 10.1. The topological polar surface area (TPSA) is 72.5 Å². The molecule has 0 radical (unpaired) electrons. The van der Waals surface area contributed by atoms with Gasteiger partial charge in [-0.15, -0.1) is 0 Å². The highest BCUT2D eigenvalue weighted by Crippen LogP contribution is 2.31. The minimum Gasteiger partial charge on any atom is -0.400 e. The van der Waals surface area contributed by atoms with Crippen molar-refractivity contribution < 1.29 is 16.8 Å². The van der Waals surface area contributed by atoms with Gasteiger partial charge in [0.25, 0.3) is 0 Å². The van der Waals surface area contributed by atoms with Crippen molar-refractivity contribution in [2.24, 2.45) is 0 Å². The summed E-state index contributed by atoms with van der Waals surface area (Å²) >= 11 is 4.48. The molecule has 2 rings (SSSR count). The fourth-order valence-electron chi connectivity index (χ4n) is 2.22. The number of hydrogen-bond acceptors (Lipinski definition) is 4. The summed E-state index contributed by atoms with van der Waals surface area (Å²) in [7, 11) is -3.74. The van der Waals surface area contributed by atoms with Crippen molar-refractivity contribution >= 4 is 32.7 Å². The summed E-state index contributed by atoms with van der Waals surface area (Å²) in [5, 5.41) is 0.431. The molecule has 2 aromatic carbocycles. The molecule has 0 amide bonds. The normalized spacial score (nSPS) is 14.6. The number of hydrogen-bond donors (Lipinski definition) is 1. The first-order valence-corrected chi connectivity index (χ1v) is 11.3. The average molecular weight is 430 g/mol. The van der Waals surface area contributed by atoms with Crippen LogP contribution in [0.1, 0.15) is 44.9 Å². The third-order valence-electron chi connectivity index (χ3n) is 3.77. The first-order chi connectivity index (χ1) is 12.4. The Labute approximate surface area is 168 Å². The monoisotopic (exact) mass is 429 g/mol. The molecule has 2 aromatic rings. The van der Waals surface area contributed by atoms with Gasteiger partial charge in [-0.3, -0.25) is 0 Å². The van der Waals surface area contributed by atoms with Crippen LogP contribution in [0.3, 0.4) is 0 Å². The molecule has 8 heteroatoms. The van der Waals surface area contributed by atoms with Gasteiger partial charge < -0.3 is 4.18 Å². The Kier molecular flexibility index (Phi) is 6.73. The van der Waals surface area contributed by atoms with E-state index in [1.54, 1.807) is 70.2 Å². The Balaban J connectivity index is 2.32. The molecule has 27 heavy (non-hydrogen) atoms. The molecule has 0 saturated carbocycles. The number of rotatable bonds is 6. The zero-order chi connectivity index (χ0) is 20.4. The van der Waals surface area contributed by atoms with Crippen LogP contribution in [-0.4, -0.2) is 17.4 Å². The zero-order valence-corrected chi connectivity index (χ0v) is 18.3. The number of nitrogens with one attached hydrogen (secondary N) is 1. The Morgan fingerprint density at radius 3 is 2.26 bits per heavy atom. The molecule has 0 fully saturated rings. The van der Waals surface area contributed by atoms with Crippen molar-refractivity contribution in [2.45, 2.75) is 50.3 Å². The highest BCUT2D eigenvalue weighted by atomic mass is 35.5. The number of sulfonamides is 1. The number of benzene rings is 2. The largest absolute Gasteiger partial charge is 0.400 e. The molecule has 1 N–H and O–H groups in total. The first kappa shape index (κ1) is 21.9. The molecule has 5 nitrogen and oxygen atoms in total. The van der Waals surface area contributed by atoms with E-state index in [2.05, 4.69) is 4.72 Å². The summed E-state index contributed by atoms with van der Waals surface area (Å²) in [5.41, 5.74) is 1.48. The Morgan fingerprint density at radius 2 is 1.70 bits per heavy atom. The summed E-state index contributed by atoms with van der Waals surface area (Å²) in [6, 6.07) is 10.8. The van der Waals surface area contributed by atoms with E-state index in [4.69, 9.17) is 15.8 Å². The van der Waals surface area contributed by atoms with Gasteiger partial charge in [0.05, 0.1) is 9.64 Å². The van der Waals surface area contributed by atoms with E-state index >= 15 is 0 Å². The van der Waals surface area contributed by atoms with Crippen LogP contribution in [0, 0.1) is 6.92 Å². The molecule has 0 aliphatic rings. The van der Waals surface area contributed by atoms with Crippen molar-refractivity contribution in [1.29, 1.82) is 0 Å². The molecular formula is C19H24ClNO4S2. The molecule has 0 heterocycles. The SMILES string of the molecule is Cc1ccc(S(=O)(=O)N[C@@H](C)c2cc(Cl)ccc2O[S@](=O)C(C)(C)C)cc1. The van der Waals surface area contributed by atoms with E-state index in [1.807, 2.05) is 6.92 Å². The Bertz CT molecular complexity index is 935. The van der Waals surface area contributed by atoms with E-state index in [9.17, 15) is 12.6 Å². The van der Waals surface area contributed by atoms with Gasteiger partial charge in [0, 0.05) is 16.6 Å². The van der Waals surface area contributed by atoms with Crippen molar-refractivity contribution in [3.05, 3.63) is 58.6 Å². The van der Waals surface area contributed by atoms with Crippen LogP contribution in [-0.2, 0) is 21.1 Å². The predicted octanol–water partition coefficient (Wildman–Crippen LogP) is 4.53. The van der Waals surface area contributed by atoms with Crippen LogP contribution in [0.25, 0.3) is 0 Å². The van der Waals surface area contributed by atoms with E-state index in [0.29, 0.717) is 16.3 Å². The molecule has 0 aliphatic carbocycles. The molecule has 0 spiro atoms. The molecule has 0 bridgehead atoms. The summed E-state index contributed by atoms with van der Waals surface area (Å²) in [6.07, 6.45) is 0. The van der Waals surface area contributed by atoms with Crippen molar-refractivity contribution in [3.63, 3.8) is 0 Å². The van der Waals surface area contributed by atoms with Gasteiger partial charge in [0.2, 0.25) is 21.1 Å². The lowest BCUT2D eigenvalue weighted by Crippen LogP contribution is -2.29. The molecule has 0 aromatic heterocycles. The second-order valence-corrected chi connectivity index (χ2v) is 11.3. The fraction of sp³-hybridized carbons (Fsp3) is 0.368. The lowest BCUT2D eigenvalue weighted by molar-refractivity contribution is 0.516. The van der Waals surface area contributed by atoms with Crippen LogP contribution < -0.4 is 8.91 Å². The van der Waals surface area contributed by atoms with Gasteiger partial charge >= 0.3 is 0 Å². The van der Waals surface area contributed by atoms with Crippen molar-refractivity contribution in [2.75, 3.05) is 0 Å². The minimum absolute atomic E-state index is 0.169. The maximum atomic E-state index is 12.7. The lowest BCUT2D eigenvalue weighted by Gasteiger charge is -2.21. The van der Waals surface area contributed by atoms with Crippen LogP contribution >= 0.6 is 11.6 Å². The zero-order valence-electron chi connectivity index (χ0n) is 15.9. The number of aryl methyl sites for hydroxylation is 1. The van der Waals surface area contributed by atoms with Gasteiger partial charge in [-0.25, -0.2) is 17.3 Å². The van der Waals surface area contributed by atoms with Crippen LogP contribution in [0.2, 0.25) is 5.02 Å². The maximum Gasteiger partial charge on any atom is 0.241 e. The van der Waals surface area contributed by atoms with Gasteiger partial charge in [0.1, 0.15) is 5.75 Å². The summed E-state index contributed by atoms with van der Waals surface area (Å²) in [5.74, 6) is 0.326. The van der Waals surface area contributed by atoms with E-state index in [1.165, 1.54) is 0 Å². The molecule has 148 valence electrons. The molecule has 0 unspecified atom stereocenters. The van der Waals surface area contributed by atoms with E-state index < -0.39 is 31.9 Å². The molecule has 0 aliphatic heterocycles. The first-order valence-electron chi connectivity index (χ1n) is 8.39. The molecule has 0 saturated heterocycles. The molecular weight excluding hydrogens is 406 g/mol. The standard InChI is InChI=1S/C19H24ClNO4S2/c1-13-6-9-16(10-7-13)27(23,24)21-14(2)17-12-15(20)8-11-18(17)25-26(22)19(3,4)5/h6-12,14,21H,1-5H3/t14-,26-/m0/s1. The third-order valence-corrected chi connectivity index (χ3v) is 6.89. The molecule has 2 atom stereocenters. The predicted molar refractivity (Wildman–Crippen MR) is 110 cm³/mol. The summed E-state index contributed by atoms with van der Waals surface area (Å²) in [6.45, 7) is 8.95. The van der Waals surface area contributed by atoms with Gasteiger partial charge in [0.15, 0.2) is 0 Å². The highest BCUT2D eigenvalue weighted by molar-refractivity contribution is 7.89. The average Bonchev–Trinajstić information content (AvgIpc) is 2.55. The third kappa shape index (κ3) is 5.78. The highest BCUT2D eigenvalue weighted by Gasteiger charge is 2.26. The van der Waals surface area contributed by atoms with Crippen LogP contribution in [0.15, 0.2) is 47.4 Å². The second-order valence-electron chi connectivity index (χ2n) is 7.27. The fourth-order valence-corrected chi connectivity index (χ4v) is 4.19. The summed E-state index contributed by atoms with van der Waals surface area (Å²) in [4.78, 5) is 0.169. The van der Waals surface area contributed by atoms with Crippen LogP contribution in [0.4, 0.5) is 0 Å².